The third kappa shape index (κ3) is 2.19. The summed E-state index contributed by atoms with van der Waals surface area (Å²) < 4.78 is 0.411. The quantitative estimate of drug-likeness (QED) is 0.695. The van der Waals surface area contributed by atoms with E-state index in [2.05, 4.69) is 15.9 Å². The van der Waals surface area contributed by atoms with Gasteiger partial charge in [0, 0.05) is 5.02 Å². The number of halogens is 3. The molecule has 0 aliphatic carbocycles. The first kappa shape index (κ1) is 9.04. The molecule has 0 aliphatic rings. The van der Waals surface area contributed by atoms with Crippen LogP contribution in [0.1, 0.15) is 0 Å². The molecule has 0 unspecified atom stereocenters. The van der Waals surface area contributed by atoms with E-state index in [0.717, 1.165) is 0 Å². The van der Waals surface area contributed by atoms with Gasteiger partial charge in [-0.25, -0.2) is 0 Å². The normalized spacial score (nSPS) is 9.73. The van der Waals surface area contributed by atoms with Crippen LogP contribution in [0.2, 0.25) is 10.0 Å². The maximum absolute atomic E-state index is 11.1. The molecule has 0 radical (unpaired) electrons. The van der Waals surface area contributed by atoms with Crippen LogP contribution in [0.5, 0.6) is 0 Å². The van der Waals surface area contributed by atoms with E-state index < -0.39 is 0 Å². The summed E-state index contributed by atoms with van der Waals surface area (Å²) in [5, 5.41) is 0.560. The van der Waals surface area contributed by atoms with E-state index in [4.69, 9.17) is 23.2 Å². The molecule has 0 N–H and O–H groups in total. The fourth-order valence-corrected chi connectivity index (χ4v) is 1.48. The Morgan fingerprint density at radius 1 is 1.27 bits per heavy atom. The van der Waals surface area contributed by atoms with Crippen molar-refractivity contribution in [2.45, 2.75) is 0 Å². The molecule has 0 saturated heterocycles. The summed E-state index contributed by atoms with van der Waals surface area (Å²) in [5.74, 6) is 0. The van der Waals surface area contributed by atoms with Crippen molar-refractivity contribution in [1.82, 2.24) is 0 Å². The second-order valence-corrected chi connectivity index (χ2v) is 3.59. The summed E-state index contributed by atoms with van der Waals surface area (Å²) in [5.41, 5.74) is -0.251. The van der Waals surface area contributed by atoms with Gasteiger partial charge in [-0.05, 0) is 34.1 Å². The molecule has 0 spiro atoms. The van der Waals surface area contributed by atoms with Crippen molar-refractivity contribution in [3.63, 3.8) is 0 Å². The minimum absolute atomic E-state index is 0.117. The lowest BCUT2D eigenvalue weighted by Crippen LogP contribution is -1.96. The second-order valence-electron chi connectivity index (χ2n) is 1.89. The van der Waals surface area contributed by atoms with Gasteiger partial charge >= 0.3 is 0 Å². The van der Waals surface area contributed by atoms with Gasteiger partial charge in [-0.1, -0.05) is 23.2 Å². The van der Waals surface area contributed by atoms with Crippen LogP contribution in [0.25, 0.3) is 0 Å². The molecule has 1 aromatic carbocycles. The molecule has 1 aromatic rings. The van der Waals surface area contributed by atoms with Gasteiger partial charge in [-0.2, -0.15) is 0 Å². The van der Waals surface area contributed by atoms with Gasteiger partial charge in [0.05, 0.1) is 9.50 Å². The molecule has 0 bridgehead atoms. The van der Waals surface area contributed by atoms with E-state index in [-0.39, 0.29) is 10.5 Å². The highest BCUT2D eigenvalue weighted by Gasteiger charge is 1.98. The summed E-state index contributed by atoms with van der Waals surface area (Å²) in [6.07, 6.45) is 0. The Hall–Kier alpha value is -0.0500. The molecule has 0 heterocycles. The molecular formula is C7H3BrCl2O. The Labute approximate surface area is 82.1 Å². The molecule has 0 amide bonds. The summed E-state index contributed by atoms with van der Waals surface area (Å²) in [6, 6.07) is 4.58. The average molecular weight is 254 g/mol. The van der Waals surface area contributed by atoms with E-state index in [0.29, 0.717) is 9.50 Å². The molecule has 0 fully saturated rings. The monoisotopic (exact) mass is 252 g/mol. The first-order chi connectivity index (χ1) is 5.11. The summed E-state index contributed by atoms with van der Waals surface area (Å²) in [7, 11) is 0. The van der Waals surface area contributed by atoms with E-state index >= 15 is 0 Å². The highest BCUT2D eigenvalue weighted by molar-refractivity contribution is 9.10. The van der Waals surface area contributed by atoms with Crippen molar-refractivity contribution in [2.75, 3.05) is 0 Å². The van der Waals surface area contributed by atoms with Gasteiger partial charge in [0.2, 0.25) is 5.43 Å². The summed E-state index contributed by atoms with van der Waals surface area (Å²) >= 11 is 14.3. The van der Waals surface area contributed by atoms with Crippen LogP contribution < -0.4 is 5.43 Å². The zero-order valence-corrected chi connectivity index (χ0v) is 8.37. The highest BCUT2D eigenvalue weighted by atomic mass is 79.9. The van der Waals surface area contributed by atoms with Crippen LogP contribution in [0, 0.1) is 0 Å². The van der Waals surface area contributed by atoms with Gasteiger partial charge in [0.15, 0.2) is 0 Å². The van der Waals surface area contributed by atoms with Gasteiger partial charge in [0.1, 0.15) is 0 Å². The molecule has 4 heteroatoms. The van der Waals surface area contributed by atoms with Crippen molar-refractivity contribution in [3.05, 3.63) is 42.9 Å². The van der Waals surface area contributed by atoms with E-state index in [1.807, 2.05) is 0 Å². The zero-order valence-electron chi connectivity index (χ0n) is 5.27. The Kier molecular flexibility index (Phi) is 2.93. The van der Waals surface area contributed by atoms with Crippen LogP contribution in [0.4, 0.5) is 0 Å². The van der Waals surface area contributed by atoms with Crippen LogP contribution >= 0.6 is 39.1 Å². The van der Waals surface area contributed by atoms with Crippen LogP contribution in [-0.4, -0.2) is 0 Å². The largest absolute Gasteiger partial charge is 0.287 e. The van der Waals surface area contributed by atoms with Crippen LogP contribution in [0.3, 0.4) is 0 Å². The molecule has 0 aromatic heterocycles. The Balaban J connectivity index is 3.57. The van der Waals surface area contributed by atoms with Crippen molar-refractivity contribution in [1.29, 1.82) is 0 Å². The molecule has 58 valence electrons. The second kappa shape index (κ2) is 3.57. The van der Waals surface area contributed by atoms with Crippen LogP contribution in [-0.2, 0) is 0 Å². The van der Waals surface area contributed by atoms with Crippen LogP contribution in [0.15, 0.2) is 27.5 Å². The van der Waals surface area contributed by atoms with E-state index in [9.17, 15) is 4.79 Å². The Morgan fingerprint density at radius 2 is 1.91 bits per heavy atom. The van der Waals surface area contributed by atoms with Crippen molar-refractivity contribution in [2.24, 2.45) is 0 Å². The zero-order chi connectivity index (χ0) is 8.43. The molecule has 0 aliphatic heterocycles. The smallest absolute Gasteiger partial charge is 0.211 e. The minimum atomic E-state index is -0.251. The summed E-state index contributed by atoms with van der Waals surface area (Å²) in [4.78, 5) is 11.1. The fraction of sp³-hybridized carbons (Fsp3) is 0. The van der Waals surface area contributed by atoms with Crippen molar-refractivity contribution < 1.29 is 0 Å². The maximum Gasteiger partial charge on any atom is 0.211 e. The topological polar surface area (TPSA) is 17.1 Å². The third-order valence-corrected chi connectivity index (χ3v) is 2.23. The predicted molar refractivity (Wildman–Crippen MR) is 50.4 cm³/mol. The first-order valence-electron chi connectivity index (χ1n) is 2.76. The van der Waals surface area contributed by atoms with Gasteiger partial charge in [0.25, 0.3) is 0 Å². The van der Waals surface area contributed by atoms with Gasteiger partial charge < -0.3 is 0 Å². The molecule has 0 atom stereocenters. The fourth-order valence-electron chi connectivity index (χ4n) is 0.577. The average Bonchev–Trinajstić information content (AvgIpc) is 2.05. The van der Waals surface area contributed by atoms with Gasteiger partial charge in [-0.3, -0.25) is 4.79 Å². The SMILES string of the molecule is O=c1c(Cl)cc(Cl)ccc1Br. The predicted octanol–water partition coefficient (Wildman–Crippen LogP) is 3.12. The van der Waals surface area contributed by atoms with Crippen molar-refractivity contribution in [3.8, 4) is 0 Å². The van der Waals surface area contributed by atoms with E-state index in [1.54, 1.807) is 12.1 Å². The lowest BCUT2D eigenvalue weighted by molar-refractivity contribution is 1.61. The Bertz CT molecular complexity index is 338. The third-order valence-electron chi connectivity index (χ3n) is 1.09. The molecule has 11 heavy (non-hydrogen) atoms. The number of hydrogen-bond acceptors (Lipinski definition) is 1. The summed E-state index contributed by atoms with van der Waals surface area (Å²) in [6.45, 7) is 0. The number of rotatable bonds is 0. The first-order valence-corrected chi connectivity index (χ1v) is 4.31. The van der Waals surface area contributed by atoms with Crippen molar-refractivity contribution >= 4 is 39.1 Å². The van der Waals surface area contributed by atoms with Gasteiger partial charge in [-0.15, -0.1) is 0 Å². The maximum atomic E-state index is 11.1. The Morgan fingerprint density at radius 3 is 2.55 bits per heavy atom. The molecule has 1 rings (SSSR count). The number of hydrogen-bond donors (Lipinski definition) is 0. The minimum Gasteiger partial charge on any atom is -0.287 e. The lowest BCUT2D eigenvalue weighted by atomic mass is 10.5. The molecule has 1 nitrogen and oxygen atoms in total. The standard InChI is InChI=1S/C7H3BrCl2O/c8-5-2-1-4(9)3-6(10)7(5)11/h1-3H. The molecule has 0 saturated carbocycles. The highest BCUT2D eigenvalue weighted by Crippen LogP contribution is 2.13. The molecular weight excluding hydrogens is 251 g/mol. The lowest BCUT2D eigenvalue weighted by Gasteiger charge is -1.78. The van der Waals surface area contributed by atoms with E-state index in [1.165, 1.54) is 6.07 Å².